The second kappa shape index (κ2) is 10.8. The highest BCUT2D eigenvalue weighted by atomic mass is 35.5. The number of para-hydroxylation sites is 2. The quantitative estimate of drug-likeness (QED) is 0.373. The number of hydrogen-bond acceptors (Lipinski definition) is 5. The number of halogens is 1. The Balaban J connectivity index is 1.47. The van der Waals surface area contributed by atoms with Gasteiger partial charge in [-0.15, -0.1) is 0 Å². The lowest BCUT2D eigenvalue weighted by Gasteiger charge is -2.13. The molecule has 0 radical (unpaired) electrons. The first-order valence-corrected chi connectivity index (χ1v) is 11.7. The van der Waals surface area contributed by atoms with Crippen LogP contribution in [0.15, 0.2) is 68.7 Å². The number of rotatable bonds is 9. The summed E-state index contributed by atoms with van der Waals surface area (Å²) >= 11 is 6.13. The highest BCUT2D eigenvalue weighted by molar-refractivity contribution is 6.30. The topological polar surface area (TPSA) is 98.3 Å². The molecule has 0 saturated carbocycles. The van der Waals surface area contributed by atoms with Gasteiger partial charge >= 0.3 is 5.76 Å². The van der Waals surface area contributed by atoms with E-state index in [1.165, 1.54) is 9.13 Å². The Morgan fingerprint density at radius 2 is 1.83 bits per heavy atom. The van der Waals surface area contributed by atoms with Gasteiger partial charge in [0.1, 0.15) is 0 Å². The van der Waals surface area contributed by atoms with E-state index in [-0.39, 0.29) is 31.0 Å². The maximum absolute atomic E-state index is 13.1. The fourth-order valence-corrected chi connectivity index (χ4v) is 4.27. The molecule has 182 valence electrons. The third-order valence-electron chi connectivity index (χ3n) is 5.99. The smallest absolute Gasteiger partial charge is 0.408 e. The van der Waals surface area contributed by atoms with Gasteiger partial charge in [0.2, 0.25) is 5.91 Å². The minimum atomic E-state index is -0.468. The zero-order chi connectivity index (χ0) is 24.9. The normalized spacial score (nSPS) is 11.2. The molecule has 0 bridgehead atoms. The molecule has 0 aliphatic rings. The summed E-state index contributed by atoms with van der Waals surface area (Å²) in [6, 6.07) is 14.5. The van der Waals surface area contributed by atoms with Gasteiger partial charge in [0, 0.05) is 43.0 Å². The summed E-state index contributed by atoms with van der Waals surface area (Å²) < 4.78 is 8.28. The molecule has 2 heterocycles. The van der Waals surface area contributed by atoms with Crippen LogP contribution in [-0.4, -0.2) is 22.1 Å². The molecule has 2 N–H and O–H groups in total. The molecule has 0 fully saturated rings. The summed E-state index contributed by atoms with van der Waals surface area (Å²) in [6.45, 7) is 3.32. The van der Waals surface area contributed by atoms with E-state index in [9.17, 15) is 14.4 Å². The van der Waals surface area contributed by atoms with Crippen molar-refractivity contribution < 1.29 is 9.21 Å². The van der Waals surface area contributed by atoms with Gasteiger partial charge in [0.05, 0.1) is 11.9 Å². The Labute approximate surface area is 207 Å². The predicted molar refractivity (Wildman–Crippen MR) is 136 cm³/mol. The van der Waals surface area contributed by atoms with Crippen molar-refractivity contribution in [3.05, 3.63) is 103 Å². The largest absolute Gasteiger partial charge is 0.420 e. The summed E-state index contributed by atoms with van der Waals surface area (Å²) in [5.74, 6) is -0.722. The fourth-order valence-electron chi connectivity index (χ4n) is 4.08. The zero-order valence-electron chi connectivity index (χ0n) is 19.6. The number of fused-ring (bicyclic) bond motifs is 1. The molecule has 0 spiro atoms. The number of nitrogens with zero attached hydrogens (tertiary/aromatic N) is 2. The van der Waals surface area contributed by atoms with E-state index in [4.69, 9.17) is 16.0 Å². The van der Waals surface area contributed by atoms with Crippen LogP contribution in [0, 0.1) is 6.92 Å². The maximum Gasteiger partial charge on any atom is 0.420 e. The lowest BCUT2D eigenvalue weighted by molar-refractivity contribution is -0.120. The number of amides is 1. The summed E-state index contributed by atoms with van der Waals surface area (Å²) in [5.41, 5.74) is 4.05. The highest BCUT2D eigenvalue weighted by Gasteiger charge is 2.14. The van der Waals surface area contributed by atoms with Crippen molar-refractivity contribution in [1.82, 2.24) is 19.8 Å². The van der Waals surface area contributed by atoms with Gasteiger partial charge in [-0.05, 0) is 61.0 Å². The molecule has 4 rings (SSSR count). The standard InChI is InChI=1S/C26H27ClN4O4/c1-17-9-10-30(11-12-31-22-5-3-4-6-23(22)35-26(31)34)25(33)21(17)14-24(32)29-16-19-13-20(27)8-7-18(19)15-28-2/h3-10,13,28H,11-12,14-16H2,1-2H3,(H,29,32). The summed E-state index contributed by atoms with van der Waals surface area (Å²) in [4.78, 5) is 38.1. The number of carbonyl (C=O) groups is 1. The summed E-state index contributed by atoms with van der Waals surface area (Å²) in [7, 11) is 1.85. The van der Waals surface area contributed by atoms with Crippen LogP contribution in [0.4, 0.5) is 0 Å². The number of benzene rings is 2. The van der Waals surface area contributed by atoms with E-state index >= 15 is 0 Å². The molecule has 9 heteroatoms. The lowest BCUT2D eigenvalue weighted by Crippen LogP contribution is -2.32. The fraction of sp³-hybridized carbons (Fsp3) is 0.269. The predicted octanol–water partition coefficient (Wildman–Crippen LogP) is 3.00. The van der Waals surface area contributed by atoms with Crippen LogP contribution in [0.25, 0.3) is 11.1 Å². The molecule has 0 unspecified atom stereocenters. The molecule has 0 aliphatic heterocycles. The Kier molecular flexibility index (Phi) is 7.53. The zero-order valence-corrected chi connectivity index (χ0v) is 20.4. The van der Waals surface area contributed by atoms with Crippen molar-refractivity contribution in [2.75, 3.05) is 7.05 Å². The van der Waals surface area contributed by atoms with Gasteiger partial charge in [-0.1, -0.05) is 29.8 Å². The Morgan fingerprint density at radius 3 is 2.63 bits per heavy atom. The van der Waals surface area contributed by atoms with Crippen LogP contribution in [0.5, 0.6) is 0 Å². The van der Waals surface area contributed by atoms with E-state index in [1.807, 2.05) is 44.3 Å². The van der Waals surface area contributed by atoms with Crippen LogP contribution in [0.1, 0.15) is 22.3 Å². The van der Waals surface area contributed by atoms with E-state index in [0.717, 1.165) is 16.7 Å². The number of oxazole rings is 1. The number of pyridine rings is 1. The Morgan fingerprint density at radius 1 is 1.03 bits per heavy atom. The van der Waals surface area contributed by atoms with Crippen molar-refractivity contribution in [2.45, 2.75) is 39.5 Å². The average molecular weight is 495 g/mol. The highest BCUT2D eigenvalue weighted by Crippen LogP contribution is 2.16. The molecule has 35 heavy (non-hydrogen) atoms. The van der Waals surface area contributed by atoms with Gasteiger partial charge in [-0.2, -0.15) is 0 Å². The monoisotopic (exact) mass is 494 g/mol. The second-order valence-electron chi connectivity index (χ2n) is 8.36. The third kappa shape index (κ3) is 5.55. The van der Waals surface area contributed by atoms with Gasteiger partial charge in [-0.3, -0.25) is 14.2 Å². The number of aromatic nitrogens is 2. The minimum absolute atomic E-state index is 0.0397. The Hall–Kier alpha value is -3.62. The van der Waals surface area contributed by atoms with Crippen LogP contribution in [-0.2, 0) is 37.4 Å². The van der Waals surface area contributed by atoms with Crippen molar-refractivity contribution >= 4 is 28.6 Å². The molecule has 8 nitrogen and oxygen atoms in total. The third-order valence-corrected chi connectivity index (χ3v) is 6.22. The van der Waals surface area contributed by atoms with Crippen LogP contribution in [0.3, 0.4) is 0 Å². The molecule has 2 aromatic heterocycles. The van der Waals surface area contributed by atoms with Crippen molar-refractivity contribution in [1.29, 1.82) is 0 Å². The van der Waals surface area contributed by atoms with Crippen LogP contribution >= 0.6 is 11.6 Å². The van der Waals surface area contributed by atoms with E-state index < -0.39 is 5.76 Å². The second-order valence-corrected chi connectivity index (χ2v) is 8.80. The minimum Gasteiger partial charge on any atom is -0.408 e. The lowest BCUT2D eigenvalue weighted by atomic mass is 10.1. The molecule has 0 aliphatic carbocycles. The summed E-state index contributed by atoms with van der Waals surface area (Å²) in [6.07, 6.45) is 1.64. The maximum atomic E-state index is 13.1. The molecular weight excluding hydrogens is 468 g/mol. The number of aryl methyl sites for hydroxylation is 3. The van der Waals surface area contributed by atoms with Crippen molar-refractivity contribution in [2.24, 2.45) is 0 Å². The Bertz CT molecular complexity index is 1480. The molecule has 2 aromatic carbocycles. The SMILES string of the molecule is CNCc1ccc(Cl)cc1CNC(=O)Cc1c(C)ccn(CCn2c(=O)oc3ccccc32)c1=O. The first-order chi connectivity index (χ1) is 16.9. The van der Waals surface area contributed by atoms with E-state index in [2.05, 4.69) is 10.6 Å². The molecule has 4 aromatic rings. The van der Waals surface area contributed by atoms with Crippen LogP contribution in [0.2, 0.25) is 5.02 Å². The first-order valence-electron chi connectivity index (χ1n) is 11.3. The molecule has 1 amide bonds. The molecule has 0 atom stereocenters. The number of carbonyl (C=O) groups excluding carboxylic acids is 1. The first kappa shape index (κ1) is 24.5. The van der Waals surface area contributed by atoms with Gasteiger partial charge in [0.15, 0.2) is 5.58 Å². The summed E-state index contributed by atoms with van der Waals surface area (Å²) in [5, 5.41) is 6.60. The van der Waals surface area contributed by atoms with E-state index in [1.54, 1.807) is 24.4 Å². The van der Waals surface area contributed by atoms with Gasteiger partial charge in [-0.25, -0.2) is 4.79 Å². The van der Waals surface area contributed by atoms with E-state index in [0.29, 0.717) is 34.8 Å². The van der Waals surface area contributed by atoms with Crippen molar-refractivity contribution in [3.63, 3.8) is 0 Å². The van der Waals surface area contributed by atoms with Gasteiger partial charge < -0.3 is 19.6 Å². The van der Waals surface area contributed by atoms with Crippen molar-refractivity contribution in [3.8, 4) is 0 Å². The van der Waals surface area contributed by atoms with Gasteiger partial charge in [0.25, 0.3) is 5.56 Å². The molecular formula is C26H27ClN4O4. The average Bonchev–Trinajstić information content (AvgIpc) is 3.16. The van der Waals surface area contributed by atoms with Crippen LogP contribution < -0.4 is 21.9 Å². The number of hydrogen-bond donors (Lipinski definition) is 2. The molecule has 0 saturated heterocycles. The number of nitrogens with one attached hydrogen (secondary N) is 2.